The number of fused-ring (bicyclic) bond motifs is 1. The molecule has 0 spiro atoms. The summed E-state index contributed by atoms with van der Waals surface area (Å²) in [4.78, 5) is 0. The van der Waals surface area contributed by atoms with Crippen molar-refractivity contribution in [3.05, 3.63) is 36.2 Å². The molecule has 1 aliphatic rings. The molecule has 92 valence electrons. The van der Waals surface area contributed by atoms with Gasteiger partial charge in [0.1, 0.15) is 12.1 Å². The summed E-state index contributed by atoms with van der Waals surface area (Å²) in [5.74, 6) is 0.848. The molecule has 0 amide bonds. The van der Waals surface area contributed by atoms with Crippen molar-refractivity contribution in [2.75, 3.05) is 7.11 Å². The van der Waals surface area contributed by atoms with E-state index in [1.54, 1.807) is 29.9 Å². The molecule has 1 unspecified atom stereocenters. The van der Waals surface area contributed by atoms with Gasteiger partial charge in [0.15, 0.2) is 0 Å². The van der Waals surface area contributed by atoms with Crippen LogP contribution in [0.5, 0.6) is 5.75 Å². The lowest BCUT2D eigenvalue weighted by molar-refractivity contribution is 0.415. The van der Waals surface area contributed by atoms with Gasteiger partial charge in [-0.3, -0.25) is 0 Å². The predicted octanol–water partition coefficient (Wildman–Crippen LogP) is 2.03. The second-order valence-corrected chi connectivity index (χ2v) is 5.24. The standard InChI is InChI=1S/C12H12N4OS/c1-8-11(9-3-5-10(17-2)6-4-9)15-16-7-13-14-12(16)18-8/h3-8H,1-2H3. The van der Waals surface area contributed by atoms with E-state index in [2.05, 4.69) is 22.2 Å². The first-order valence-corrected chi connectivity index (χ1v) is 6.46. The van der Waals surface area contributed by atoms with Crippen molar-refractivity contribution >= 4 is 17.5 Å². The average Bonchev–Trinajstić information content (AvgIpc) is 2.85. The van der Waals surface area contributed by atoms with E-state index in [4.69, 9.17) is 4.74 Å². The van der Waals surface area contributed by atoms with Crippen molar-refractivity contribution in [1.82, 2.24) is 14.9 Å². The van der Waals surface area contributed by atoms with Crippen molar-refractivity contribution in [3.8, 4) is 5.75 Å². The van der Waals surface area contributed by atoms with Gasteiger partial charge in [0, 0.05) is 0 Å². The van der Waals surface area contributed by atoms with E-state index in [1.807, 2.05) is 24.3 Å². The Balaban J connectivity index is 2.00. The van der Waals surface area contributed by atoms with Crippen LogP contribution in [-0.4, -0.2) is 32.9 Å². The van der Waals surface area contributed by atoms with Crippen LogP contribution in [0.3, 0.4) is 0 Å². The second kappa shape index (κ2) is 4.45. The SMILES string of the molecule is COc1ccc(C2=Nn3cnnc3SC2C)cc1. The summed E-state index contributed by atoms with van der Waals surface area (Å²) in [5, 5.41) is 13.5. The molecule has 2 heterocycles. The minimum absolute atomic E-state index is 0.259. The largest absolute Gasteiger partial charge is 0.497 e. The van der Waals surface area contributed by atoms with Gasteiger partial charge >= 0.3 is 0 Å². The van der Waals surface area contributed by atoms with Crippen LogP contribution in [0.4, 0.5) is 0 Å². The summed E-state index contributed by atoms with van der Waals surface area (Å²) in [7, 11) is 1.66. The summed E-state index contributed by atoms with van der Waals surface area (Å²) >= 11 is 1.66. The first-order chi connectivity index (χ1) is 8.78. The van der Waals surface area contributed by atoms with Crippen molar-refractivity contribution in [3.63, 3.8) is 0 Å². The minimum Gasteiger partial charge on any atom is -0.497 e. The molecular formula is C12H12N4OS. The van der Waals surface area contributed by atoms with E-state index in [-0.39, 0.29) is 5.25 Å². The number of nitrogens with zero attached hydrogens (tertiary/aromatic N) is 4. The van der Waals surface area contributed by atoms with E-state index >= 15 is 0 Å². The van der Waals surface area contributed by atoms with Gasteiger partial charge < -0.3 is 4.74 Å². The van der Waals surface area contributed by atoms with Gasteiger partial charge in [-0.25, -0.2) is 0 Å². The first-order valence-electron chi connectivity index (χ1n) is 5.58. The Kier molecular flexibility index (Phi) is 2.79. The molecule has 1 aliphatic heterocycles. The molecule has 3 rings (SSSR count). The molecule has 1 aromatic heterocycles. The Labute approximate surface area is 109 Å². The summed E-state index contributed by atoms with van der Waals surface area (Å²) in [6, 6.07) is 7.92. The Morgan fingerprint density at radius 2 is 2.06 bits per heavy atom. The highest BCUT2D eigenvalue weighted by Gasteiger charge is 2.22. The third-order valence-corrected chi connectivity index (χ3v) is 3.83. The number of aromatic nitrogens is 3. The zero-order valence-corrected chi connectivity index (χ0v) is 10.9. The Morgan fingerprint density at radius 1 is 1.28 bits per heavy atom. The maximum absolute atomic E-state index is 5.16. The number of hydrogen-bond donors (Lipinski definition) is 0. The number of thioether (sulfide) groups is 1. The minimum atomic E-state index is 0.259. The molecule has 18 heavy (non-hydrogen) atoms. The third kappa shape index (κ3) is 1.88. The van der Waals surface area contributed by atoms with Gasteiger partial charge in [-0.05, 0) is 36.8 Å². The summed E-state index contributed by atoms with van der Waals surface area (Å²) in [5.41, 5.74) is 2.12. The average molecular weight is 260 g/mol. The molecule has 0 radical (unpaired) electrons. The molecule has 1 atom stereocenters. The smallest absolute Gasteiger partial charge is 0.212 e. The highest BCUT2D eigenvalue weighted by molar-refractivity contribution is 8.00. The zero-order chi connectivity index (χ0) is 12.5. The Bertz CT molecular complexity index is 590. The second-order valence-electron chi connectivity index (χ2n) is 3.93. The van der Waals surface area contributed by atoms with Gasteiger partial charge in [0.2, 0.25) is 5.16 Å². The van der Waals surface area contributed by atoms with Crippen LogP contribution in [0.15, 0.2) is 40.9 Å². The normalized spacial score (nSPS) is 18.1. The lowest BCUT2D eigenvalue weighted by Crippen LogP contribution is -2.21. The number of hydrogen-bond acceptors (Lipinski definition) is 5. The molecule has 0 bridgehead atoms. The monoisotopic (exact) mass is 260 g/mol. The summed E-state index contributed by atoms with van der Waals surface area (Å²) in [6.45, 7) is 2.12. The van der Waals surface area contributed by atoms with Crippen molar-refractivity contribution < 1.29 is 4.74 Å². The van der Waals surface area contributed by atoms with E-state index in [0.717, 1.165) is 22.2 Å². The van der Waals surface area contributed by atoms with E-state index < -0.39 is 0 Å². The van der Waals surface area contributed by atoms with Crippen LogP contribution >= 0.6 is 11.8 Å². The molecule has 6 heteroatoms. The first kappa shape index (κ1) is 11.3. The van der Waals surface area contributed by atoms with Gasteiger partial charge in [-0.15, -0.1) is 10.2 Å². The van der Waals surface area contributed by atoms with Gasteiger partial charge in [0.25, 0.3) is 0 Å². The fourth-order valence-electron chi connectivity index (χ4n) is 1.83. The zero-order valence-electron chi connectivity index (χ0n) is 10.1. The molecule has 0 N–H and O–H groups in total. The van der Waals surface area contributed by atoms with Crippen LogP contribution in [0, 0.1) is 0 Å². The molecule has 0 saturated carbocycles. The van der Waals surface area contributed by atoms with E-state index in [1.165, 1.54) is 0 Å². The summed E-state index contributed by atoms with van der Waals surface area (Å²) in [6.07, 6.45) is 1.62. The third-order valence-electron chi connectivity index (χ3n) is 2.77. The van der Waals surface area contributed by atoms with Gasteiger partial charge in [0.05, 0.1) is 18.1 Å². The Hall–Kier alpha value is -1.82. The predicted molar refractivity (Wildman–Crippen MR) is 70.3 cm³/mol. The van der Waals surface area contributed by atoms with E-state index in [0.29, 0.717) is 0 Å². The molecule has 0 fully saturated rings. The van der Waals surface area contributed by atoms with Crippen molar-refractivity contribution in [1.29, 1.82) is 0 Å². The molecule has 0 aliphatic carbocycles. The lowest BCUT2D eigenvalue weighted by atomic mass is 10.1. The number of benzene rings is 1. The molecule has 0 saturated heterocycles. The number of rotatable bonds is 2. The quantitative estimate of drug-likeness (QED) is 0.829. The lowest BCUT2D eigenvalue weighted by Gasteiger charge is -2.18. The maximum Gasteiger partial charge on any atom is 0.212 e. The van der Waals surface area contributed by atoms with Gasteiger partial charge in [-0.1, -0.05) is 11.8 Å². The van der Waals surface area contributed by atoms with Crippen molar-refractivity contribution in [2.24, 2.45) is 5.10 Å². The van der Waals surface area contributed by atoms with Crippen LogP contribution < -0.4 is 4.74 Å². The maximum atomic E-state index is 5.16. The fourth-order valence-corrected chi connectivity index (χ4v) is 2.73. The molecule has 1 aromatic carbocycles. The highest BCUT2D eigenvalue weighted by Crippen LogP contribution is 2.29. The molecule has 2 aromatic rings. The van der Waals surface area contributed by atoms with Crippen molar-refractivity contribution in [2.45, 2.75) is 17.3 Å². The summed E-state index contributed by atoms with van der Waals surface area (Å²) < 4.78 is 6.87. The Morgan fingerprint density at radius 3 is 2.78 bits per heavy atom. The van der Waals surface area contributed by atoms with Gasteiger partial charge in [-0.2, -0.15) is 9.78 Å². The van der Waals surface area contributed by atoms with Crippen LogP contribution in [-0.2, 0) is 0 Å². The molecular weight excluding hydrogens is 248 g/mol. The fraction of sp³-hybridized carbons (Fsp3) is 0.250. The van der Waals surface area contributed by atoms with E-state index in [9.17, 15) is 0 Å². The molecule has 5 nitrogen and oxygen atoms in total. The van der Waals surface area contributed by atoms with Crippen LogP contribution in [0.2, 0.25) is 0 Å². The van der Waals surface area contributed by atoms with Crippen LogP contribution in [0.25, 0.3) is 0 Å². The number of ether oxygens (including phenoxy) is 1. The highest BCUT2D eigenvalue weighted by atomic mass is 32.2. The number of methoxy groups -OCH3 is 1. The topological polar surface area (TPSA) is 52.3 Å². The van der Waals surface area contributed by atoms with Crippen LogP contribution in [0.1, 0.15) is 12.5 Å².